The number of fused-ring (bicyclic) bond motifs is 1. The Balaban J connectivity index is 1.91. The SMILES string of the molecule is CN(c1ccc(/C(N)=N/O)cc1)c1ccc2nnnn2n1. The molecule has 3 N–H and O–H groups in total. The Morgan fingerprint density at radius 3 is 2.71 bits per heavy atom. The van der Waals surface area contributed by atoms with Gasteiger partial charge in [-0.1, -0.05) is 5.16 Å². The van der Waals surface area contributed by atoms with Gasteiger partial charge in [0.25, 0.3) is 0 Å². The van der Waals surface area contributed by atoms with Gasteiger partial charge in [0.15, 0.2) is 17.3 Å². The van der Waals surface area contributed by atoms with E-state index in [0.717, 1.165) is 5.69 Å². The number of hydrogen-bond donors (Lipinski definition) is 2. The predicted octanol–water partition coefficient (Wildman–Crippen LogP) is 0.382. The lowest BCUT2D eigenvalue weighted by atomic mass is 10.2. The fourth-order valence-corrected chi connectivity index (χ4v) is 1.86. The van der Waals surface area contributed by atoms with E-state index in [0.29, 0.717) is 17.0 Å². The van der Waals surface area contributed by atoms with E-state index in [9.17, 15) is 0 Å². The van der Waals surface area contributed by atoms with Crippen molar-refractivity contribution in [2.45, 2.75) is 0 Å². The summed E-state index contributed by atoms with van der Waals surface area (Å²) in [5, 5.41) is 27.0. The summed E-state index contributed by atoms with van der Waals surface area (Å²) >= 11 is 0. The molecule has 0 saturated carbocycles. The summed E-state index contributed by atoms with van der Waals surface area (Å²) in [6.07, 6.45) is 0. The topological polar surface area (TPSA) is 118 Å². The maximum Gasteiger partial charge on any atom is 0.200 e. The Labute approximate surface area is 119 Å². The van der Waals surface area contributed by atoms with Crippen LogP contribution in [0.1, 0.15) is 5.56 Å². The average molecular weight is 284 g/mol. The third kappa shape index (κ3) is 2.31. The number of oxime groups is 1. The van der Waals surface area contributed by atoms with E-state index < -0.39 is 0 Å². The number of benzene rings is 1. The minimum Gasteiger partial charge on any atom is -0.409 e. The summed E-state index contributed by atoms with van der Waals surface area (Å²) in [6, 6.07) is 10.8. The predicted molar refractivity (Wildman–Crippen MR) is 75.6 cm³/mol. The molecule has 1 aromatic carbocycles. The van der Waals surface area contributed by atoms with Crippen LogP contribution in [0.2, 0.25) is 0 Å². The number of hydrogen-bond acceptors (Lipinski definition) is 7. The molecule has 0 unspecified atom stereocenters. The van der Waals surface area contributed by atoms with Crippen molar-refractivity contribution in [1.29, 1.82) is 0 Å². The number of anilines is 2. The van der Waals surface area contributed by atoms with E-state index in [1.54, 1.807) is 18.2 Å². The summed E-state index contributed by atoms with van der Waals surface area (Å²) in [7, 11) is 1.87. The first kappa shape index (κ1) is 12.8. The first-order chi connectivity index (χ1) is 10.2. The zero-order chi connectivity index (χ0) is 14.8. The summed E-state index contributed by atoms with van der Waals surface area (Å²) in [5.74, 6) is 0.754. The highest BCUT2D eigenvalue weighted by atomic mass is 16.4. The minimum absolute atomic E-state index is 0.0671. The summed E-state index contributed by atoms with van der Waals surface area (Å²) in [4.78, 5) is 1.87. The zero-order valence-electron chi connectivity index (χ0n) is 11.1. The molecule has 2 aromatic heterocycles. The highest BCUT2D eigenvalue weighted by Crippen LogP contribution is 2.21. The Morgan fingerprint density at radius 1 is 1.24 bits per heavy atom. The quantitative estimate of drug-likeness (QED) is 0.309. The maximum atomic E-state index is 8.65. The second-order valence-corrected chi connectivity index (χ2v) is 4.31. The van der Waals surface area contributed by atoms with E-state index in [1.807, 2.05) is 30.1 Å². The Hall–Kier alpha value is -3.23. The summed E-state index contributed by atoms with van der Waals surface area (Å²) < 4.78 is 1.36. The van der Waals surface area contributed by atoms with Gasteiger partial charge in [0.05, 0.1) is 0 Å². The average Bonchev–Trinajstić information content (AvgIpc) is 3.01. The van der Waals surface area contributed by atoms with Gasteiger partial charge in [0.2, 0.25) is 0 Å². The molecule has 106 valence electrons. The molecule has 0 fully saturated rings. The highest BCUT2D eigenvalue weighted by molar-refractivity contribution is 5.97. The van der Waals surface area contributed by atoms with Crippen molar-refractivity contribution in [2.75, 3.05) is 11.9 Å². The van der Waals surface area contributed by atoms with Crippen molar-refractivity contribution in [3.63, 3.8) is 0 Å². The molecule has 0 aliphatic carbocycles. The van der Waals surface area contributed by atoms with Crippen LogP contribution in [-0.2, 0) is 0 Å². The first-order valence-corrected chi connectivity index (χ1v) is 6.06. The van der Waals surface area contributed by atoms with Crippen LogP contribution in [0.15, 0.2) is 41.6 Å². The third-order valence-corrected chi connectivity index (χ3v) is 3.06. The molecule has 0 aliphatic heterocycles. The third-order valence-electron chi connectivity index (χ3n) is 3.06. The number of nitrogens with two attached hydrogens (primary N) is 1. The van der Waals surface area contributed by atoms with Gasteiger partial charge in [-0.2, -0.15) is 0 Å². The lowest BCUT2D eigenvalue weighted by Crippen LogP contribution is -2.15. The standard InChI is InChI=1S/C12H12N8O/c1-19(9-4-2-8(3-5-9)12(13)16-21)11-7-6-10-14-17-18-20(10)15-11/h2-7,21H,1H3,(H2,13,16). The normalized spacial score (nSPS) is 11.8. The molecule has 0 bridgehead atoms. The van der Waals surface area contributed by atoms with Gasteiger partial charge in [-0.05, 0) is 46.8 Å². The number of rotatable bonds is 3. The van der Waals surface area contributed by atoms with Crippen LogP contribution in [0.4, 0.5) is 11.5 Å². The smallest absolute Gasteiger partial charge is 0.200 e. The second kappa shape index (κ2) is 5.04. The van der Waals surface area contributed by atoms with Crippen molar-refractivity contribution in [3.8, 4) is 0 Å². The molecule has 0 amide bonds. The lowest BCUT2D eigenvalue weighted by Gasteiger charge is -2.18. The van der Waals surface area contributed by atoms with Crippen molar-refractivity contribution in [1.82, 2.24) is 25.3 Å². The molecule has 9 heteroatoms. The highest BCUT2D eigenvalue weighted by Gasteiger charge is 2.08. The van der Waals surface area contributed by atoms with Crippen LogP contribution in [0.3, 0.4) is 0 Å². The lowest BCUT2D eigenvalue weighted by molar-refractivity contribution is 0.318. The van der Waals surface area contributed by atoms with Crippen molar-refractivity contribution >= 4 is 23.0 Å². The minimum atomic E-state index is 0.0671. The van der Waals surface area contributed by atoms with Crippen molar-refractivity contribution in [2.24, 2.45) is 10.9 Å². The van der Waals surface area contributed by atoms with E-state index in [2.05, 4.69) is 25.8 Å². The Morgan fingerprint density at radius 2 is 2.00 bits per heavy atom. The monoisotopic (exact) mass is 284 g/mol. The largest absolute Gasteiger partial charge is 0.409 e. The molecule has 3 rings (SSSR count). The molecular formula is C12H12N8O. The molecule has 0 radical (unpaired) electrons. The van der Waals surface area contributed by atoms with E-state index in [1.165, 1.54) is 4.63 Å². The molecule has 0 spiro atoms. The van der Waals surface area contributed by atoms with Gasteiger partial charge in [0.1, 0.15) is 0 Å². The van der Waals surface area contributed by atoms with Crippen LogP contribution in [0.5, 0.6) is 0 Å². The molecular weight excluding hydrogens is 272 g/mol. The van der Waals surface area contributed by atoms with Crippen molar-refractivity contribution < 1.29 is 5.21 Å². The van der Waals surface area contributed by atoms with Crippen LogP contribution in [-0.4, -0.2) is 43.3 Å². The second-order valence-electron chi connectivity index (χ2n) is 4.31. The molecule has 0 atom stereocenters. The summed E-state index contributed by atoms with van der Waals surface area (Å²) in [5.41, 5.74) is 7.64. The molecule has 0 aliphatic rings. The van der Waals surface area contributed by atoms with E-state index in [-0.39, 0.29) is 5.84 Å². The van der Waals surface area contributed by atoms with Gasteiger partial charge in [-0.15, -0.1) is 14.8 Å². The van der Waals surface area contributed by atoms with Gasteiger partial charge in [-0.3, -0.25) is 0 Å². The number of tetrazole rings is 1. The number of amidine groups is 1. The van der Waals surface area contributed by atoms with Crippen molar-refractivity contribution in [3.05, 3.63) is 42.0 Å². The maximum absolute atomic E-state index is 8.65. The Kier molecular flexibility index (Phi) is 3.07. The molecule has 0 saturated heterocycles. The zero-order valence-corrected chi connectivity index (χ0v) is 11.1. The number of nitrogens with zero attached hydrogens (tertiary/aromatic N) is 7. The van der Waals surface area contributed by atoms with Gasteiger partial charge >= 0.3 is 0 Å². The van der Waals surface area contributed by atoms with E-state index >= 15 is 0 Å². The fraction of sp³-hybridized carbons (Fsp3) is 0.0833. The van der Waals surface area contributed by atoms with Gasteiger partial charge in [-0.25, -0.2) is 0 Å². The van der Waals surface area contributed by atoms with E-state index in [4.69, 9.17) is 10.9 Å². The Bertz CT molecular complexity index is 794. The van der Waals surface area contributed by atoms with Crippen LogP contribution in [0.25, 0.3) is 5.65 Å². The molecule has 3 aromatic rings. The molecule has 21 heavy (non-hydrogen) atoms. The fourth-order valence-electron chi connectivity index (χ4n) is 1.86. The molecule has 9 nitrogen and oxygen atoms in total. The number of aromatic nitrogens is 5. The van der Waals surface area contributed by atoms with Crippen LogP contribution >= 0.6 is 0 Å². The summed E-state index contributed by atoms with van der Waals surface area (Å²) in [6.45, 7) is 0. The van der Waals surface area contributed by atoms with Gasteiger partial charge < -0.3 is 15.8 Å². The van der Waals surface area contributed by atoms with Gasteiger partial charge in [0, 0.05) is 18.3 Å². The molecule has 2 heterocycles. The van der Waals surface area contributed by atoms with Crippen LogP contribution < -0.4 is 10.6 Å². The first-order valence-electron chi connectivity index (χ1n) is 6.06. The van der Waals surface area contributed by atoms with Crippen LogP contribution in [0, 0.1) is 0 Å².